The van der Waals surface area contributed by atoms with Gasteiger partial charge >= 0.3 is 0 Å². The average Bonchev–Trinajstić information content (AvgIpc) is 2.94. The highest BCUT2D eigenvalue weighted by Gasteiger charge is 2.43. The van der Waals surface area contributed by atoms with Gasteiger partial charge in [0, 0.05) is 26.2 Å². The van der Waals surface area contributed by atoms with Crippen molar-refractivity contribution < 1.29 is 4.74 Å². The Labute approximate surface area is 126 Å². The number of likely N-dealkylation sites (tertiary alicyclic amines) is 1. The van der Waals surface area contributed by atoms with E-state index in [9.17, 15) is 0 Å². The Bertz CT molecular complexity index is 525. The van der Waals surface area contributed by atoms with Gasteiger partial charge in [0.1, 0.15) is 0 Å². The lowest BCUT2D eigenvalue weighted by molar-refractivity contribution is 0.151. The lowest BCUT2D eigenvalue weighted by Gasteiger charge is -2.38. The van der Waals surface area contributed by atoms with Crippen LogP contribution >= 0.6 is 0 Å². The Morgan fingerprint density at radius 3 is 2.90 bits per heavy atom. The first kappa shape index (κ1) is 14.2. The Hall–Kier alpha value is -1.78. The first-order valence-electron chi connectivity index (χ1n) is 7.70. The van der Waals surface area contributed by atoms with Crippen molar-refractivity contribution in [1.82, 2.24) is 15.2 Å². The summed E-state index contributed by atoms with van der Waals surface area (Å²) in [4.78, 5) is 11.2. The zero-order chi connectivity index (χ0) is 14.7. The van der Waals surface area contributed by atoms with Crippen LogP contribution in [0.3, 0.4) is 0 Å². The summed E-state index contributed by atoms with van der Waals surface area (Å²) in [5, 5.41) is 3.42. The molecule has 114 valence electrons. The number of methoxy groups -OCH3 is 1. The molecule has 1 N–H and O–H groups in total. The number of rotatable bonds is 3. The molecule has 1 aromatic heterocycles. The fourth-order valence-corrected chi connectivity index (χ4v) is 3.37. The molecule has 1 aliphatic heterocycles. The molecule has 1 saturated carbocycles. The van der Waals surface area contributed by atoms with Gasteiger partial charge in [0.05, 0.1) is 19.3 Å². The smallest absolute Gasteiger partial charge is 0.213 e. The van der Waals surface area contributed by atoms with Gasteiger partial charge in [-0.15, -0.1) is 0 Å². The van der Waals surface area contributed by atoms with Crippen LogP contribution < -0.4 is 10.1 Å². The summed E-state index contributed by atoms with van der Waals surface area (Å²) in [6, 6.07) is 5.82. The van der Waals surface area contributed by atoms with Crippen LogP contribution in [0.25, 0.3) is 0 Å². The Morgan fingerprint density at radius 2 is 2.29 bits per heavy atom. The molecule has 1 spiro atoms. The van der Waals surface area contributed by atoms with Crippen molar-refractivity contribution in [3.05, 3.63) is 23.9 Å². The Kier molecular flexibility index (Phi) is 3.99. The van der Waals surface area contributed by atoms with Crippen LogP contribution in [-0.2, 0) is 6.54 Å². The van der Waals surface area contributed by atoms with Crippen molar-refractivity contribution in [2.24, 2.45) is 10.4 Å². The highest BCUT2D eigenvalue weighted by Crippen LogP contribution is 2.47. The maximum atomic E-state index is 5.16. The highest BCUT2D eigenvalue weighted by atomic mass is 16.5. The zero-order valence-electron chi connectivity index (χ0n) is 12.9. The monoisotopic (exact) mass is 288 g/mol. The lowest BCUT2D eigenvalue weighted by Crippen LogP contribution is -2.42. The Balaban J connectivity index is 1.58. The molecule has 0 radical (unpaired) electrons. The van der Waals surface area contributed by atoms with E-state index < -0.39 is 0 Å². The first-order chi connectivity index (χ1) is 10.2. The number of ether oxygens (including phenoxy) is 1. The van der Waals surface area contributed by atoms with E-state index in [1.54, 1.807) is 7.11 Å². The molecule has 1 saturated heterocycles. The maximum Gasteiger partial charge on any atom is 0.213 e. The average molecular weight is 288 g/mol. The molecule has 1 aliphatic carbocycles. The molecule has 0 unspecified atom stereocenters. The fourth-order valence-electron chi connectivity index (χ4n) is 3.37. The number of guanidine groups is 1. The summed E-state index contributed by atoms with van der Waals surface area (Å²) >= 11 is 0. The molecule has 2 fully saturated rings. The van der Waals surface area contributed by atoms with Crippen LogP contribution in [0, 0.1) is 5.41 Å². The predicted molar refractivity (Wildman–Crippen MR) is 83.5 cm³/mol. The van der Waals surface area contributed by atoms with Crippen LogP contribution in [0.15, 0.2) is 23.2 Å². The van der Waals surface area contributed by atoms with Crippen LogP contribution in [0.5, 0.6) is 5.88 Å². The van der Waals surface area contributed by atoms with Crippen LogP contribution in [0.4, 0.5) is 0 Å². The molecular weight excluding hydrogens is 264 g/mol. The highest BCUT2D eigenvalue weighted by molar-refractivity contribution is 5.80. The SMILES string of the molecule is CN=C(NCc1cccc(OC)n1)N1CCC2(CCC2)C1. The predicted octanol–water partition coefficient (Wildman–Crippen LogP) is 2.04. The summed E-state index contributed by atoms with van der Waals surface area (Å²) in [5.41, 5.74) is 1.55. The third-order valence-electron chi connectivity index (χ3n) is 4.78. The van der Waals surface area contributed by atoms with Crippen molar-refractivity contribution in [1.29, 1.82) is 0 Å². The van der Waals surface area contributed by atoms with Crippen molar-refractivity contribution in [2.75, 3.05) is 27.2 Å². The molecule has 0 bridgehead atoms. The summed E-state index contributed by atoms with van der Waals surface area (Å²) in [6.45, 7) is 2.94. The molecule has 5 nitrogen and oxygen atoms in total. The summed E-state index contributed by atoms with van der Waals surface area (Å²) < 4.78 is 5.16. The largest absolute Gasteiger partial charge is 0.481 e. The molecule has 21 heavy (non-hydrogen) atoms. The van der Waals surface area contributed by atoms with Gasteiger partial charge < -0.3 is 15.0 Å². The number of aliphatic imine (C=N–C) groups is 1. The molecule has 1 aromatic rings. The molecule has 0 amide bonds. The standard InChI is InChI=1S/C16H24N4O/c1-17-15(20-10-9-16(12-20)7-4-8-16)18-11-13-5-3-6-14(19-13)21-2/h3,5-6H,4,7-12H2,1-2H3,(H,17,18). The van der Waals surface area contributed by atoms with E-state index in [0.717, 1.165) is 24.7 Å². The van der Waals surface area contributed by atoms with Gasteiger partial charge in [-0.05, 0) is 30.7 Å². The van der Waals surface area contributed by atoms with E-state index in [2.05, 4.69) is 20.2 Å². The van der Waals surface area contributed by atoms with Gasteiger partial charge in [0.2, 0.25) is 5.88 Å². The number of pyridine rings is 1. The van der Waals surface area contributed by atoms with Gasteiger partial charge in [-0.1, -0.05) is 12.5 Å². The van der Waals surface area contributed by atoms with E-state index in [1.165, 1.54) is 25.7 Å². The summed E-state index contributed by atoms with van der Waals surface area (Å²) in [5.74, 6) is 1.64. The number of nitrogens with zero attached hydrogens (tertiary/aromatic N) is 3. The minimum atomic E-state index is 0.589. The van der Waals surface area contributed by atoms with Crippen molar-refractivity contribution >= 4 is 5.96 Å². The minimum absolute atomic E-state index is 0.589. The van der Waals surface area contributed by atoms with Gasteiger partial charge in [0.25, 0.3) is 0 Å². The topological polar surface area (TPSA) is 49.8 Å². The third-order valence-corrected chi connectivity index (χ3v) is 4.78. The summed E-state index contributed by atoms with van der Waals surface area (Å²) in [6.07, 6.45) is 5.48. The number of hydrogen-bond acceptors (Lipinski definition) is 3. The second-order valence-corrected chi connectivity index (χ2v) is 6.10. The zero-order valence-corrected chi connectivity index (χ0v) is 12.9. The van der Waals surface area contributed by atoms with Gasteiger partial charge in [-0.2, -0.15) is 0 Å². The number of hydrogen-bond donors (Lipinski definition) is 1. The normalized spacial score (nSPS) is 20.5. The minimum Gasteiger partial charge on any atom is -0.481 e. The van der Waals surface area contributed by atoms with Gasteiger partial charge in [-0.25, -0.2) is 4.98 Å². The Morgan fingerprint density at radius 1 is 1.43 bits per heavy atom. The van der Waals surface area contributed by atoms with Crippen molar-refractivity contribution in [2.45, 2.75) is 32.2 Å². The van der Waals surface area contributed by atoms with E-state index in [4.69, 9.17) is 4.74 Å². The van der Waals surface area contributed by atoms with E-state index in [-0.39, 0.29) is 0 Å². The van der Waals surface area contributed by atoms with Crippen molar-refractivity contribution in [3.63, 3.8) is 0 Å². The second kappa shape index (κ2) is 5.92. The van der Waals surface area contributed by atoms with Gasteiger partial charge in [-0.3, -0.25) is 4.99 Å². The fraction of sp³-hybridized carbons (Fsp3) is 0.625. The van der Waals surface area contributed by atoms with E-state index in [1.807, 2.05) is 25.2 Å². The summed E-state index contributed by atoms with van der Waals surface area (Å²) in [7, 11) is 3.49. The maximum absolute atomic E-state index is 5.16. The van der Waals surface area contributed by atoms with Crippen LogP contribution in [0.1, 0.15) is 31.4 Å². The van der Waals surface area contributed by atoms with Gasteiger partial charge in [0.15, 0.2) is 5.96 Å². The lowest BCUT2D eigenvalue weighted by atomic mass is 9.68. The molecule has 0 aromatic carbocycles. The molecule has 2 aliphatic rings. The molecule has 2 heterocycles. The molecule has 5 heteroatoms. The number of aromatic nitrogens is 1. The second-order valence-electron chi connectivity index (χ2n) is 6.10. The first-order valence-corrected chi connectivity index (χ1v) is 7.70. The third kappa shape index (κ3) is 2.96. The van der Waals surface area contributed by atoms with E-state index in [0.29, 0.717) is 17.8 Å². The molecule has 3 rings (SSSR count). The van der Waals surface area contributed by atoms with E-state index >= 15 is 0 Å². The number of nitrogens with one attached hydrogen (secondary N) is 1. The molecule has 0 atom stereocenters. The van der Waals surface area contributed by atoms with Crippen molar-refractivity contribution in [3.8, 4) is 5.88 Å². The molecular formula is C16H24N4O. The van der Waals surface area contributed by atoms with Crippen LogP contribution in [0.2, 0.25) is 0 Å². The van der Waals surface area contributed by atoms with Crippen LogP contribution in [-0.4, -0.2) is 43.1 Å². The quantitative estimate of drug-likeness (QED) is 0.683.